The number of thiocarbonyl (C=S) groups is 1. The van der Waals surface area contributed by atoms with Crippen molar-refractivity contribution in [2.24, 2.45) is 10.8 Å². The van der Waals surface area contributed by atoms with Gasteiger partial charge in [-0.3, -0.25) is 5.43 Å². The van der Waals surface area contributed by atoms with Crippen LogP contribution >= 0.6 is 23.8 Å². The number of hydrogen-bond acceptors (Lipinski definition) is 3. The number of rotatable bonds is 3. The van der Waals surface area contributed by atoms with Crippen LogP contribution in [0.1, 0.15) is 11.3 Å². The van der Waals surface area contributed by atoms with Gasteiger partial charge < -0.3 is 10.2 Å². The van der Waals surface area contributed by atoms with Gasteiger partial charge in [-0.15, -0.1) is 0 Å². The normalized spacial score (nSPS) is 10.8. The van der Waals surface area contributed by atoms with E-state index >= 15 is 0 Å². The average Bonchev–Trinajstić information content (AvgIpc) is 2.81. The maximum absolute atomic E-state index is 6.08. The Kier molecular flexibility index (Phi) is 4.19. The lowest BCUT2D eigenvalue weighted by Crippen LogP contribution is -2.23. The first kappa shape index (κ1) is 13.6. The summed E-state index contributed by atoms with van der Waals surface area (Å²) in [5.74, 6) is 1.31. The lowest BCUT2D eigenvalue weighted by Gasteiger charge is -2.00. The summed E-state index contributed by atoms with van der Waals surface area (Å²) >= 11 is 10.7. The number of nitrogens with two attached hydrogens (primary N) is 1. The second-order valence-electron chi connectivity index (χ2n) is 3.90. The number of nitrogens with zero attached hydrogens (tertiary/aromatic N) is 1. The number of halogens is 1. The summed E-state index contributed by atoms with van der Waals surface area (Å²) < 4.78 is 5.61. The number of aryl methyl sites for hydroxylation is 1. The van der Waals surface area contributed by atoms with Gasteiger partial charge in [-0.25, -0.2) is 0 Å². The molecule has 0 fully saturated rings. The monoisotopic (exact) mass is 293 g/mol. The van der Waals surface area contributed by atoms with Gasteiger partial charge in [0.1, 0.15) is 11.5 Å². The highest BCUT2D eigenvalue weighted by molar-refractivity contribution is 7.80. The first-order chi connectivity index (χ1) is 9.06. The fraction of sp³-hybridized carbons (Fsp3) is 0.0769. The fourth-order valence-corrected chi connectivity index (χ4v) is 1.72. The second-order valence-corrected chi connectivity index (χ2v) is 4.75. The Labute approximate surface area is 121 Å². The summed E-state index contributed by atoms with van der Waals surface area (Å²) in [7, 11) is 0. The van der Waals surface area contributed by atoms with E-state index in [0.717, 1.165) is 16.9 Å². The molecular weight excluding hydrogens is 282 g/mol. The van der Waals surface area contributed by atoms with Crippen LogP contribution in [0.3, 0.4) is 0 Å². The zero-order valence-corrected chi connectivity index (χ0v) is 11.8. The minimum Gasteiger partial charge on any atom is -0.455 e. The summed E-state index contributed by atoms with van der Waals surface area (Å²) in [6.07, 6.45) is 1.50. The molecule has 1 aromatic heterocycles. The molecule has 0 aliphatic carbocycles. The molecule has 0 spiro atoms. The van der Waals surface area contributed by atoms with Crippen LogP contribution in [0.15, 0.2) is 39.9 Å². The van der Waals surface area contributed by atoms with Crippen molar-refractivity contribution in [1.82, 2.24) is 5.43 Å². The van der Waals surface area contributed by atoms with Crippen molar-refractivity contribution in [2.45, 2.75) is 6.92 Å². The number of benzene rings is 1. The predicted molar refractivity (Wildman–Crippen MR) is 81.4 cm³/mol. The van der Waals surface area contributed by atoms with Crippen LogP contribution in [0.4, 0.5) is 0 Å². The van der Waals surface area contributed by atoms with Gasteiger partial charge in [0.05, 0.1) is 6.21 Å². The van der Waals surface area contributed by atoms with Gasteiger partial charge in [-0.2, -0.15) is 5.10 Å². The third-order valence-corrected chi connectivity index (χ3v) is 2.95. The van der Waals surface area contributed by atoms with Crippen molar-refractivity contribution in [2.75, 3.05) is 0 Å². The Balaban J connectivity index is 2.18. The highest BCUT2D eigenvalue weighted by Crippen LogP contribution is 2.26. The molecule has 2 aromatic rings. The Hall–Kier alpha value is -1.85. The molecule has 1 aromatic carbocycles. The molecule has 98 valence electrons. The van der Waals surface area contributed by atoms with Crippen LogP contribution in [0, 0.1) is 6.92 Å². The lowest BCUT2D eigenvalue weighted by molar-refractivity contribution is 0.574. The summed E-state index contributed by atoms with van der Waals surface area (Å²) in [5, 5.41) is 4.63. The van der Waals surface area contributed by atoms with Gasteiger partial charge in [0, 0.05) is 10.6 Å². The van der Waals surface area contributed by atoms with E-state index in [9.17, 15) is 0 Å². The number of furan rings is 1. The molecule has 0 saturated carbocycles. The van der Waals surface area contributed by atoms with E-state index in [4.69, 9.17) is 21.8 Å². The average molecular weight is 294 g/mol. The maximum atomic E-state index is 6.08. The van der Waals surface area contributed by atoms with Gasteiger partial charge in [0.25, 0.3) is 0 Å². The minimum atomic E-state index is 0.105. The van der Waals surface area contributed by atoms with Crippen LogP contribution in [0.2, 0.25) is 5.02 Å². The van der Waals surface area contributed by atoms with Gasteiger partial charge in [0.15, 0.2) is 5.11 Å². The Bertz CT molecular complexity index is 637. The van der Waals surface area contributed by atoms with Crippen molar-refractivity contribution in [1.29, 1.82) is 0 Å². The molecule has 0 atom stereocenters. The largest absolute Gasteiger partial charge is 0.455 e. The molecule has 0 unspecified atom stereocenters. The first-order valence-corrected chi connectivity index (χ1v) is 6.30. The van der Waals surface area contributed by atoms with Crippen LogP contribution in [0.5, 0.6) is 0 Å². The van der Waals surface area contributed by atoms with Gasteiger partial charge >= 0.3 is 0 Å². The molecule has 0 saturated heterocycles. The summed E-state index contributed by atoms with van der Waals surface area (Å²) in [6, 6.07) is 9.41. The molecule has 0 radical (unpaired) electrons. The summed E-state index contributed by atoms with van der Waals surface area (Å²) in [6.45, 7) is 1.95. The zero-order chi connectivity index (χ0) is 13.8. The fourth-order valence-electron chi connectivity index (χ4n) is 1.48. The van der Waals surface area contributed by atoms with E-state index in [-0.39, 0.29) is 5.11 Å². The van der Waals surface area contributed by atoms with E-state index in [2.05, 4.69) is 22.7 Å². The summed E-state index contributed by atoms with van der Waals surface area (Å²) in [5.41, 5.74) is 9.64. The minimum absolute atomic E-state index is 0.105. The highest BCUT2D eigenvalue weighted by atomic mass is 35.5. The molecule has 4 nitrogen and oxygen atoms in total. The van der Waals surface area contributed by atoms with Crippen LogP contribution in [-0.2, 0) is 0 Å². The van der Waals surface area contributed by atoms with Crippen molar-refractivity contribution >= 4 is 35.1 Å². The van der Waals surface area contributed by atoms with Crippen LogP contribution in [-0.4, -0.2) is 11.3 Å². The number of hydrogen-bond donors (Lipinski definition) is 2. The third kappa shape index (κ3) is 3.56. The van der Waals surface area contributed by atoms with Gasteiger partial charge in [-0.05, 0) is 42.9 Å². The van der Waals surface area contributed by atoms with Crippen LogP contribution < -0.4 is 11.2 Å². The SMILES string of the molecule is Cc1ccc(-c2ccc(/C=N/NC(N)=S)o2)cc1Cl. The van der Waals surface area contributed by atoms with Crippen molar-refractivity contribution < 1.29 is 4.42 Å². The smallest absolute Gasteiger partial charge is 0.184 e. The predicted octanol–water partition coefficient (Wildman–Crippen LogP) is 3.08. The number of nitrogens with one attached hydrogen (secondary N) is 1. The van der Waals surface area contributed by atoms with Gasteiger partial charge in [0.2, 0.25) is 0 Å². The van der Waals surface area contributed by atoms with E-state index in [1.807, 2.05) is 31.2 Å². The molecule has 0 aliphatic heterocycles. The van der Waals surface area contributed by atoms with Crippen molar-refractivity contribution in [3.8, 4) is 11.3 Å². The first-order valence-electron chi connectivity index (χ1n) is 5.51. The van der Waals surface area contributed by atoms with Crippen molar-refractivity contribution in [3.05, 3.63) is 46.7 Å². The molecule has 0 bridgehead atoms. The second kappa shape index (κ2) is 5.86. The summed E-state index contributed by atoms with van der Waals surface area (Å²) in [4.78, 5) is 0. The molecule has 3 N–H and O–H groups in total. The standard InChI is InChI=1S/C13H12ClN3OS/c1-8-2-3-9(6-11(8)14)12-5-4-10(18-12)7-16-17-13(15)19/h2-7H,1H3,(H3,15,17,19)/b16-7+. The molecular formula is C13H12ClN3OS. The molecule has 19 heavy (non-hydrogen) atoms. The number of hydrazone groups is 1. The topological polar surface area (TPSA) is 63.5 Å². The maximum Gasteiger partial charge on any atom is 0.184 e. The lowest BCUT2D eigenvalue weighted by atomic mass is 10.1. The quantitative estimate of drug-likeness (QED) is 0.518. The van der Waals surface area contributed by atoms with Crippen LogP contribution in [0.25, 0.3) is 11.3 Å². The Morgan fingerprint density at radius 3 is 2.89 bits per heavy atom. The highest BCUT2D eigenvalue weighted by Gasteiger charge is 2.05. The van der Waals surface area contributed by atoms with E-state index in [0.29, 0.717) is 10.8 Å². The molecule has 0 amide bonds. The van der Waals surface area contributed by atoms with E-state index < -0.39 is 0 Å². The van der Waals surface area contributed by atoms with Crippen molar-refractivity contribution in [3.63, 3.8) is 0 Å². The molecule has 0 aliphatic rings. The molecule has 2 rings (SSSR count). The molecule has 6 heteroatoms. The van der Waals surface area contributed by atoms with Gasteiger partial charge in [-0.1, -0.05) is 23.7 Å². The van der Waals surface area contributed by atoms with E-state index in [1.165, 1.54) is 6.21 Å². The zero-order valence-electron chi connectivity index (χ0n) is 10.2. The Morgan fingerprint density at radius 2 is 2.21 bits per heavy atom. The third-order valence-electron chi connectivity index (χ3n) is 2.45. The van der Waals surface area contributed by atoms with E-state index in [1.54, 1.807) is 6.07 Å². The molecule has 1 heterocycles. The Morgan fingerprint density at radius 1 is 1.42 bits per heavy atom.